The van der Waals surface area contributed by atoms with Gasteiger partial charge in [-0.2, -0.15) is 11.8 Å². The van der Waals surface area contributed by atoms with Crippen LogP contribution in [0.2, 0.25) is 0 Å². The number of likely N-dealkylation sites (N-methyl/N-ethyl adjacent to an activating group) is 1. The van der Waals surface area contributed by atoms with Crippen LogP contribution in [0.5, 0.6) is 0 Å². The van der Waals surface area contributed by atoms with Crippen molar-refractivity contribution in [2.24, 2.45) is 0 Å². The molecule has 2 nitrogen and oxygen atoms in total. The monoisotopic (exact) mass is 174 g/mol. The first-order valence-electron chi connectivity index (χ1n) is 4.30. The van der Waals surface area contributed by atoms with Crippen LogP contribution in [0.25, 0.3) is 0 Å². The predicted octanol–water partition coefficient (Wildman–Crippen LogP) is 0.643. The summed E-state index contributed by atoms with van der Waals surface area (Å²) in [4.78, 5) is 2.54. The number of thioether (sulfide) groups is 1. The lowest BCUT2D eigenvalue weighted by Gasteiger charge is -2.28. The molecule has 0 aromatic carbocycles. The molecule has 1 fully saturated rings. The summed E-state index contributed by atoms with van der Waals surface area (Å²) in [5.41, 5.74) is 0. The average Bonchev–Trinajstić information content (AvgIpc) is 2.06. The molecule has 0 aliphatic carbocycles. The van der Waals surface area contributed by atoms with Gasteiger partial charge in [-0.15, -0.1) is 0 Å². The first-order chi connectivity index (χ1) is 5.33. The number of nitrogens with one attached hydrogen (secondary N) is 1. The van der Waals surface area contributed by atoms with Crippen molar-refractivity contribution in [3.63, 3.8) is 0 Å². The predicted molar refractivity (Wildman–Crippen MR) is 52.3 cm³/mol. The van der Waals surface area contributed by atoms with E-state index in [4.69, 9.17) is 0 Å². The quantitative estimate of drug-likeness (QED) is 0.676. The minimum absolute atomic E-state index is 0.637. The lowest BCUT2D eigenvalue weighted by atomic mass is 10.3. The molecule has 0 radical (unpaired) electrons. The van der Waals surface area contributed by atoms with Crippen molar-refractivity contribution < 1.29 is 0 Å². The second-order valence-electron chi connectivity index (χ2n) is 3.10. The minimum Gasteiger partial charge on any atom is -0.316 e. The van der Waals surface area contributed by atoms with Gasteiger partial charge >= 0.3 is 0 Å². The second kappa shape index (κ2) is 5.01. The van der Waals surface area contributed by atoms with Gasteiger partial charge in [0.25, 0.3) is 0 Å². The molecule has 1 saturated heterocycles. The summed E-state index contributed by atoms with van der Waals surface area (Å²) < 4.78 is 0. The van der Waals surface area contributed by atoms with Crippen LogP contribution in [0, 0.1) is 0 Å². The Morgan fingerprint density at radius 2 is 2.09 bits per heavy atom. The molecule has 3 heteroatoms. The Balaban J connectivity index is 2.13. The van der Waals surface area contributed by atoms with Gasteiger partial charge in [0.15, 0.2) is 0 Å². The van der Waals surface area contributed by atoms with Crippen molar-refractivity contribution in [2.45, 2.75) is 13.0 Å². The Morgan fingerprint density at radius 3 is 2.64 bits per heavy atom. The highest BCUT2D eigenvalue weighted by Gasteiger charge is 2.11. The maximum atomic E-state index is 3.26. The molecule has 0 bridgehead atoms. The Hall–Kier alpha value is 0.270. The minimum atomic E-state index is 0.637. The van der Waals surface area contributed by atoms with Crippen molar-refractivity contribution >= 4 is 11.8 Å². The summed E-state index contributed by atoms with van der Waals surface area (Å²) in [5, 5.41) is 3.26. The van der Waals surface area contributed by atoms with E-state index in [0.29, 0.717) is 6.04 Å². The SMILES string of the molecule is CN[C@@H](C)CN1CCSCC1. The molecule has 0 spiro atoms. The van der Waals surface area contributed by atoms with Crippen LogP contribution in [0.15, 0.2) is 0 Å². The summed E-state index contributed by atoms with van der Waals surface area (Å²) in [6, 6.07) is 0.637. The van der Waals surface area contributed by atoms with E-state index in [1.165, 1.54) is 31.1 Å². The van der Waals surface area contributed by atoms with Gasteiger partial charge in [0, 0.05) is 37.2 Å². The Labute approximate surface area is 73.7 Å². The molecular formula is C8H18N2S. The van der Waals surface area contributed by atoms with Crippen LogP contribution in [0.1, 0.15) is 6.92 Å². The third-order valence-corrected chi connectivity index (χ3v) is 3.07. The largest absolute Gasteiger partial charge is 0.316 e. The van der Waals surface area contributed by atoms with Crippen LogP contribution in [-0.2, 0) is 0 Å². The van der Waals surface area contributed by atoms with E-state index in [-0.39, 0.29) is 0 Å². The lowest BCUT2D eigenvalue weighted by molar-refractivity contribution is 0.275. The van der Waals surface area contributed by atoms with E-state index < -0.39 is 0 Å². The van der Waals surface area contributed by atoms with Crippen molar-refractivity contribution in [3.05, 3.63) is 0 Å². The molecule has 1 rings (SSSR count). The molecule has 1 aliphatic rings. The van der Waals surface area contributed by atoms with E-state index in [2.05, 4.69) is 28.9 Å². The van der Waals surface area contributed by atoms with Crippen LogP contribution in [0.3, 0.4) is 0 Å². The zero-order chi connectivity index (χ0) is 8.10. The standard InChI is InChI=1S/C8H18N2S/c1-8(9-2)7-10-3-5-11-6-4-10/h8-9H,3-7H2,1-2H3/t8-/m0/s1. The molecule has 0 aromatic heterocycles. The van der Waals surface area contributed by atoms with Crippen molar-refractivity contribution in [2.75, 3.05) is 38.2 Å². The van der Waals surface area contributed by atoms with Crippen LogP contribution in [0.4, 0.5) is 0 Å². The van der Waals surface area contributed by atoms with E-state index in [1.54, 1.807) is 0 Å². The molecule has 11 heavy (non-hydrogen) atoms. The number of rotatable bonds is 3. The molecule has 0 aromatic rings. The molecule has 0 saturated carbocycles. The first kappa shape index (κ1) is 9.36. The van der Waals surface area contributed by atoms with Crippen LogP contribution < -0.4 is 5.32 Å². The van der Waals surface area contributed by atoms with E-state index in [9.17, 15) is 0 Å². The maximum absolute atomic E-state index is 3.26. The van der Waals surface area contributed by atoms with Gasteiger partial charge in [-0.25, -0.2) is 0 Å². The Kier molecular flexibility index (Phi) is 4.26. The number of nitrogens with zero attached hydrogens (tertiary/aromatic N) is 1. The lowest BCUT2D eigenvalue weighted by Crippen LogP contribution is -2.41. The Bertz CT molecular complexity index is 102. The van der Waals surface area contributed by atoms with E-state index >= 15 is 0 Å². The third-order valence-electron chi connectivity index (χ3n) is 2.13. The van der Waals surface area contributed by atoms with Gasteiger partial charge < -0.3 is 10.2 Å². The molecular weight excluding hydrogens is 156 g/mol. The highest BCUT2D eigenvalue weighted by atomic mass is 32.2. The average molecular weight is 174 g/mol. The zero-order valence-corrected chi connectivity index (χ0v) is 8.28. The van der Waals surface area contributed by atoms with Crippen LogP contribution >= 0.6 is 11.8 Å². The summed E-state index contributed by atoms with van der Waals surface area (Å²) in [5.74, 6) is 2.63. The summed E-state index contributed by atoms with van der Waals surface area (Å²) in [7, 11) is 2.03. The van der Waals surface area contributed by atoms with Crippen molar-refractivity contribution in [3.8, 4) is 0 Å². The fourth-order valence-electron chi connectivity index (χ4n) is 1.26. The molecule has 1 aliphatic heterocycles. The smallest absolute Gasteiger partial charge is 0.0163 e. The number of hydrogen-bond acceptors (Lipinski definition) is 3. The zero-order valence-electron chi connectivity index (χ0n) is 7.47. The molecule has 1 atom stereocenters. The van der Waals surface area contributed by atoms with Gasteiger partial charge in [0.1, 0.15) is 0 Å². The second-order valence-corrected chi connectivity index (χ2v) is 4.33. The van der Waals surface area contributed by atoms with Gasteiger partial charge in [-0.05, 0) is 14.0 Å². The fourth-order valence-corrected chi connectivity index (χ4v) is 2.24. The highest BCUT2D eigenvalue weighted by molar-refractivity contribution is 7.99. The van der Waals surface area contributed by atoms with Crippen molar-refractivity contribution in [1.29, 1.82) is 0 Å². The third kappa shape index (κ3) is 3.45. The van der Waals surface area contributed by atoms with Crippen molar-refractivity contribution in [1.82, 2.24) is 10.2 Å². The van der Waals surface area contributed by atoms with E-state index in [1.807, 2.05) is 7.05 Å². The first-order valence-corrected chi connectivity index (χ1v) is 5.46. The van der Waals surface area contributed by atoms with Crippen LogP contribution in [-0.4, -0.2) is 49.1 Å². The fraction of sp³-hybridized carbons (Fsp3) is 1.00. The molecule has 0 unspecified atom stereocenters. The summed E-state index contributed by atoms with van der Waals surface area (Å²) >= 11 is 2.07. The number of hydrogen-bond donors (Lipinski definition) is 1. The normalized spacial score (nSPS) is 23.5. The maximum Gasteiger partial charge on any atom is 0.0163 e. The molecule has 66 valence electrons. The highest BCUT2D eigenvalue weighted by Crippen LogP contribution is 2.08. The topological polar surface area (TPSA) is 15.3 Å². The summed E-state index contributed by atoms with van der Waals surface area (Å²) in [6.45, 7) is 5.99. The summed E-state index contributed by atoms with van der Waals surface area (Å²) in [6.07, 6.45) is 0. The molecule has 1 N–H and O–H groups in total. The van der Waals surface area contributed by atoms with Gasteiger partial charge in [-0.1, -0.05) is 0 Å². The van der Waals surface area contributed by atoms with E-state index in [0.717, 1.165) is 0 Å². The molecule has 1 heterocycles. The van der Waals surface area contributed by atoms with Gasteiger partial charge in [0.2, 0.25) is 0 Å². The molecule has 0 amide bonds. The Morgan fingerprint density at radius 1 is 1.45 bits per heavy atom. The van der Waals surface area contributed by atoms with Gasteiger partial charge in [0.05, 0.1) is 0 Å². The van der Waals surface area contributed by atoms with Gasteiger partial charge in [-0.3, -0.25) is 0 Å².